The Kier molecular flexibility index (Phi) is 5.46. The summed E-state index contributed by atoms with van der Waals surface area (Å²) in [6, 6.07) is 0. The molecule has 6 heteroatoms. The maximum atomic E-state index is 14.3. The summed E-state index contributed by atoms with van der Waals surface area (Å²) < 4.78 is 38.5. The molecule has 1 heterocycles. The second kappa shape index (κ2) is 6.23. The molecular weight excluding hydrogens is 242 g/mol. The van der Waals surface area contributed by atoms with Gasteiger partial charge in [-0.3, -0.25) is 0 Å². The standard InChI is InChI=1S/C12H24F2N2O2/c1-5-11(2)10-15(6-8-17-3)12(13,14)16(11)7-9-18-4/h5-10H2,1-4H3. The van der Waals surface area contributed by atoms with Crippen molar-refractivity contribution in [2.45, 2.75) is 32.0 Å². The minimum absolute atomic E-state index is 0.233. The number of ether oxygens (including phenoxy) is 2. The Bertz CT molecular complexity index is 266. The van der Waals surface area contributed by atoms with Gasteiger partial charge in [-0.2, -0.15) is 8.78 Å². The fraction of sp³-hybridized carbons (Fsp3) is 1.00. The average molecular weight is 266 g/mol. The summed E-state index contributed by atoms with van der Waals surface area (Å²) in [6.45, 7) is 5.26. The minimum atomic E-state index is -2.93. The van der Waals surface area contributed by atoms with Gasteiger partial charge < -0.3 is 9.47 Å². The zero-order valence-corrected chi connectivity index (χ0v) is 11.7. The van der Waals surface area contributed by atoms with Crippen LogP contribution in [-0.2, 0) is 9.47 Å². The van der Waals surface area contributed by atoms with Crippen LogP contribution >= 0.6 is 0 Å². The van der Waals surface area contributed by atoms with Crippen molar-refractivity contribution in [1.29, 1.82) is 0 Å². The SMILES string of the molecule is CCC1(C)CN(CCOC)C(F)(F)N1CCOC. The normalized spacial score (nSPS) is 29.0. The summed E-state index contributed by atoms with van der Waals surface area (Å²) in [6.07, 6.45) is -2.25. The molecule has 18 heavy (non-hydrogen) atoms. The molecule has 0 N–H and O–H groups in total. The van der Waals surface area contributed by atoms with Gasteiger partial charge in [0.1, 0.15) is 0 Å². The lowest BCUT2D eigenvalue weighted by atomic mass is 9.98. The van der Waals surface area contributed by atoms with Gasteiger partial charge in [0.25, 0.3) is 0 Å². The first-order valence-electron chi connectivity index (χ1n) is 6.31. The van der Waals surface area contributed by atoms with E-state index in [1.165, 1.54) is 24.0 Å². The van der Waals surface area contributed by atoms with E-state index in [-0.39, 0.29) is 13.1 Å². The van der Waals surface area contributed by atoms with Gasteiger partial charge in [0.2, 0.25) is 0 Å². The predicted molar refractivity (Wildman–Crippen MR) is 65.7 cm³/mol. The van der Waals surface area contributed by atoms with Crippen molar-refractivity contribution in [2.24, 2.45) is 0 Å². The molecule has 0 saturated carbocycles. The molecule has 0 aromatic carbocycles. The second-order valence-corrected chi connectivity index (χ2v) is 4.92. The lowest BCUT2D eigenvalue weighted by Gasteiger charge is -2.35. The number of hydrogen-bond donors (Lipinski definition) is 0. The summed E-state index contributed by atoms with van der Waals surface area (Å²) >= 11 is 0. The number of hydrogen-bond acceptors (Lipinski definition) is 4. The molecule has 1 fully saturated rings. The van der Waals surface area contributed by atoms with Crippen LogP contribution in [-0.4, -0.2) is 68.6 Å². The van der Waals surface area contributed by atoms with Gasteiger partial charge in [-0.1, -0.05) is 6.92 Å². The molecule has 108 valence electrons. The van der Waals surface area contributed by atoms with Gasteiger partial charge in [-0.05, 0) is 13.3 Å². The molecule has 1 saturated heterocycles. The van der Waals surface area contributed by atoms with Crippen molar-refractivity contribution in [3.63, 3.8) is 0 Å². The Labute approximate surface area is 108 Å². The Hall–Kier alpha value is -0.300. The largest absolute Gasteiger partial charge is 0.383 e. The van der Waals surface area contributed by atoms with E-state index in [0.717, 1.165) is 0 Å². The Morgan fingerprint density at radius 2 is 1.67 bits per heavy atom. The summed E-state index contributed by atoms with van der Waals surface area (Å²) in [5, 5.41) is 0. The summed E-state index contributed by atoms with van der Waals surface area (Å²) in [7, 11) is 3.05. The number of nitrogens with zero attached hydrogens (tertiary/aromatic N) is 2. The zero-order valence-electron chi connectivity index (χ0n) is 11.7. The van der Waals surface area contributed by atoms with Gasteiger partial charge in [0.05, 0.1) is 13.2 Å². The number of alkyl halides is 2. The van der Waals surface area contributed by atoms with Crippen LogP contribution < -0.4 is 0 Å². The van der Waals surface area contributed by atoms with Crippen molar-refractivity contribution >= 4 is 0 Å². The summed E-state index contributed by atoms with van der Waals surface area (Å²) in [4.78, 5) is 2.44. The Morgan fingerprint density at radius 3 is 2.17 bits per heavy atom. The third-order valence-corrected chi connectivity index (χ3v) is 3.73. The van der Waals surface area contributed by atoms with Crippen molar-refractivity contribution < 1.29 is 18.3 Å². The monoisotopic (exact) mass is 266 g/mol. The topological polar surface area (TPSA) is 24.9 Å². The maximum Gasteiger partial charge on any atom is 0.370 e. The van der Waals surface area contributed by atoms with E-state index in [1.807, 2.05) is 13.8 Å². The van der Waals surface area contributed by atoms with Crippen molar-refractivity contribution in [1.82, 2.24) is 9.80 Å². The summed E-state index contributed by atoms with van der Waals surface area (Å²) in [5.74, 6) is 0. The van der Waals surface area contributed by atoms with Crippen LogP contribution in [0.4, 0.5) is 8.78 Å². The molecule has 0 bridgehead atoms. The molecule has 0 aromatic heterocycles. The second-order valence-electron chi connectivity index (χ2n) is 4.92. The van der Waals surface area contributed by atoms with Gasteiger partial charge in [-0.15, -0.1) is 0 Å². The lowest BCUT2D eigenvalue weighted by molar-refractivity contribution is -0.226. The van der Waals surface area contributed by atoms with Crippen LogP contribution in [0.3, 0.4) is 0 Å². The molecule has 0 aromatic rings. The molecule has 0 spiro atoms. The zero-order chi connectivity index (χ0) is 13.8. The molecule has 1 atom stereocenters. The molecule has 1 aliphatic rings. The molecule has 0 radical (unpaired) electrons. The average Bonchev–Trinajstić information content (AvgIpc) is 2.52. The highest BCUT2D eigenvalue weighted by molar-refractivity contribution is 4.99. The number of methoxy groups -OCH3 is 2. The fourth-order valence-corrected chi connectivity index (χ4v) is 2.39. The molecule has 0 amide bonds. The van der Waals surface area contributed by atoms with Crippen LogP contribution in [0.5, 0.6) is 0 Å². The lowest BCUT2D eigenvalue weighted by Crippen LogP contribution is -2.52. The van der Waals surface area contributed by atoms with Crippen LogP contribution in [0.15, 0.2) is 0 Å². The first-order chi connectivity index (χ1) is 8.42. The van der Waals surface area contributed by atoms with Crippen molar-refractivity contribution in [3.05, 3.63) is 0 Å². The third-order valence-electron chi connectivity index (χ3n) is 3.73. The highest BCUT2D eigenvalue weighted by Gasteiger charge is 2.58. The first kappa shape index (κ1) is 15.8. The maximum absolute atomic E-state index is 14.3. The quantitative estimate of drug-likeness (QED) is 0.654. The van der Waals surface area contributed by atoms with Crippen LogP contribution in [0.1, 0.15) is 20.3 Å². The third kappa shape index (κ3) is 2.99. The van der Waals surface area contributed by atoms with E-state index in [2.05, 4.69) is 0 Å². The van der Waals surface area contributed by atoms with Gasteiger partial charge >= 0.3 is 6.17 Å². The molecule has 4 nitrogen and oxygen atoms in total. The Morgan fingerprint density at radius 1 is 1.11 bits per heavy atom. The van der Waals surface area contributed by atoms with Crippen LogP contribution in [0.2, 0.25) is 0 Å². The van der Waals surface area contributed by atoms with Crippen LogP contribution in [0.25, 0.3) is 0 Å². The van der Waals surface area contributed by atoms with Gasteiger partial charge in [-0.25, -0.2) is 9.80 Å². The van der Waals surface area contributed by atoms with E-state index in [4.69, 9.17) is 9.47 Å². The molecule has 1 aliphatic heterocycles. The smallest absolute Gasteiger partial charge is 0.370 e. The molecule has 1 rings (SSSR count). The minimum Gasteiger partial charge on any atom is -0.383 e. The first-order valence-corrected chi connectivity index (χ1v) is 6.31. The van der Waals surface area contributed by atoms with Crippen LogP contribution in [0, 0.1) is 0 Å². The fourth-order valence-electron chi connectivity index (χ4n) is 2.39. The van der Waals surface area contributed by atoms with Crippen molar-refractivity contribution in [2.75, 3.05) is 47.1 Å². The van der Waals surface area contributed by atoms with E-state index in [9.17, 15) is 8.78 Å². The molecular formula is C12H24F2N2O2. The van der Waals surface area contributed by atoms with E-state index in [1.54, 1.807) is 0 Å². The van der Waals surface area contributed by atoms with Crippen molar-refractivity contribution in [3.8, 4) is 0 Å². The van der Waals surface area contributed by atoms with Gasteiger partial charge in [0.15, 0.2) is 0 Å². The highest BCUT2D eigenvalue weighted by atomic mass is 19.3. The van der Waals surface area contributed by atoms with E-state index >= 15 is 0 Å². The number of rotatable bonds is 7. The molecule has 1 unspecified atom stereocenters. The van der Waals surface area contributed by atoms with Gasteiger partial charge in [0, 0.05) is 39.4 Å². The van der Waals surface area contributed by atoms with E-state index < -0.39 is 11.7 Å². The predicted octanol–water partition coefficient (Wildman–Crippen LogP) is 1.62. The highest BCUT2D eigenvalue weighted by Crippen LogP contribution is 2.41. The Balaban J connectivity index is 2.82. The van der Waals surface area contributed by atoms with E-state index in [0.29, 0.717) is 26.2 Å². The molecule has 0 aliphatic carbocycles. The summed E-state index contributed by atoms with van der Waals surface area (Å²) in [5.41, 5.74) is -0.518. The number of halogens is 2.